The molecular weight excluding hydrogens is 243 g/mol. The van der Waals surface area contributed by atoms with E-state index in [9.17, 15) is 9.50 Å². The van der Waals surface area contributed by atoms with E-state index in [0.29, 0.717) is 5.56 Å². The maximum absolute atomic E-state index is 13.3. The van der Waals surface area contributed by atoms with Crippen molar-refractivity contribution < 1.29 is 14.2 Å². The Morgan fingerprint density at radius 1 is 1.11 bits per heavy atom. The van der Waals surface area contributed by atoms with Gasteiger partial charge in [0, 0.05) is 0 Å². The molecule has 0 amide bonds. The smallest absolute Gasteiger partial charge is 0.165 e. The van der Waals surface area contributed by atoms with Crippen molar-refractivity contribution in [3.8, 4) is 5.75 Å². The summed E-state index contributed by atoms with van der Waals surface area (Å²) in [6.07, 6.45) is 0.182. The van der Waals surface area contributed by atoms with E-state index < -0.39 is 11.9 Å². The standard InChI is InChI=1S/C16H17FO2/c1-3-11-4-6-12(7-5-11)16(18)13-8-9-14(17)15(10-13)19-2/h4-10,16,18H,3H2,1-2H3. The lowest BCUT2D eigenvalue weighted by Crippen LogP contribution is -2.01. The quantitative estimate of drug-likeness (QED) is 0.912. The second-order valence-corrected chi connectivity index (χ2v) is 4.39. The van der Waals surface area contributed by atoms with E-state index in [0.717, 1.165) is 12.0 Å². The van der Waals surface area contributed by atoms with Crippen molar-refractivity contribution in [1.82, 2.24) is 0 Å². The third-order valence-corrected chi connectivity index (χ3v) is 3.19. The van der Waals surface area contributed by atoms with E-state index in [1.54, 1.807) is 6.07 Å². The van der Waals surface area contributed by atoms with E-state index in [-0.39, 0.29) is 5.75 Å². The third kappa shape index (κ3) is 2.93. The lowest BCUT2D eigenvalue weighted by Gasteiger charge is -2.13. The Morgan fingerprint density at radius 2 is 1.74 bits per heavy atom. The van der Waals surface area contributed by atoms with Crippen LogP contribution in [0.1, 0.15) is 29.7 Å². The van der Waals surface area contributed by atoms with Gasteiger partial charge in [-0.2, -0.15) is 0 Å². The van der Waals surface area contributed by atoms with E-state index in [2.05, 4.69) is 6.92 Å². The number of hydrogen-bond acceptors (Lipinski definition) is 2. The van der Waals surface area contributed by atoms with Crippen molar-refractivity contribution in [2.24, 2.45) is 0 Å². The van der Waals surface area contributed by atoms with Crippen LogP contribution in [0.25, 0.3) is 0 Å². The van der Waals surface area contributed by atoms with Gasteiger partial charge in [0.1, 0.15) is 6.10 Å². The lowest BCUT2D eigenvalue weighted by molar-refractivity contribution is 0.219. The first-order chi connectivity index (χ1) is 9.15. The number of ether oxygens (including phenoxy) is 1. The molecule has 2 nitrogen and oxygen atoms in total. The highest BCUT2D eigenvalue weighted by molar-refractivity contribution is 5.37. The molecular formula is C16H17FO2. The van der Waals surface area contributed by atoms with Crippen LogP contribution in [-0.4, -0.2) is 12.2 Å². The number of methoxy groups -OCH3 is 1. The molecule has 2 aromatic rings. The van der Waals surface area contributed by atoms with Gasteiger partial charge in [-0.05, 0) is 35.2 Å². The Bertz CT molecular complexity index is 549. The summed E-state index contributed by atoms with van der Waals surface area (Å²) >= 11 is 0. The van der Waals surface area contributed by atoms with E-state index in [4.69, 9.17) is 4.74 Å². The Hall–Kier alpha value is -1.87. The first kappa shape index (κ1) is 13.6. The highest BCUT2D eigenvalue weighted by Crippen LogP contribution is 2.27. The van der Waals surface area contributed by atoms with Crippen LogP contribution in [0.5, 0.6) is 5.75 Å². The van der Waals surface area contributed by atoms with Gasteiger partial charge in [0.15, 0.2) is 11.6 Å². The third-order valence-electron chi connectivity index (χ3n) is 3.19. The molecule has 19 heavy (non-hydrogen) atoms. The van der Waals surface area contributed by atoms with E-state index in [1.807, 2.05) is 24.3 Å². The van der Waals surface area contributed by atoms with Gasteiger partial charge in [0.25, 0.3) is 0 Å². The zero-order valence-corrected chi connectivity index (χ0v) is 11.1. The molecule has 1 atom stereocenters. The molecule has 2 aromatic carbocycles. The predicted molar refractivity (Wildman–Crippen MR) is 72.8 cm³/mol. The van der Waals surface area contributed by atoms with Gasteiger partial charge in [-0.15, -0.1) is 0 Å². The summed E-state index contributed by atoms with van der Waals surface area (Å²) in [5, 5.41) is 10.3. The number of halogens is 1. The Kier molecular flexibility index (Phi) is 4.17. The summed E-state index contributed by atoms with van der Waals surface area (Å²) in [4.78, 5) is 0. The van der Waals surface area contributed by atoms with Gasteiger partial charge < -0.3 is 9.84 Å². The fraction of sp³-hybridized carbons (Fsp3) is 0.250. The summed E-state index contributed by atoms with van der Waals surface area (Å²) in [5.41, 5.74) is 2.61. The second kappa shape index (κ2) is 5.85. The largest absolute Gasteiger partial charge is 0.494 e. The van der Waals surface area contributed by atoms with Gasteiger partial charge in [-0.3, -0.25) is 0 Å². The van der Waals surface area contributed by atoms with Crippen molar-refractivity contribution >= 4 is 0 Å². The second-order valence-electron chi connectivity index (χ2n) is 4.39. The summed E-state index contributed by atoms with van der Waals surface area (Å²) in [7, 11) is 1.41. The van der Waals surface area contributed by atoms with Gasteiger partial charge in [0.05, 0.1) is 7.11 Å². The van der Waals surface area contributed by atoms with Crippen LogP contribution in [0.4, 0.5) is 4.39 Å². The molecule has 0 spiro atoms. The molecule has 0 radical (unpaired) electrons. The molecule has 0 fully saturated rings. The number of rotatable bonds is 4. The number of aliphatic hydroxyl groups is 1. The summed E-state index contributed by atoms with van der Waals surface area (Å²) in [6.45, 7) is 2.08. The number of aliphatic hydroxyl groups excluding tert-OH is 1. The van der Waals surface area contributed by atoms with E-state index in [1.165, 1.54) is 24.8 Å². The van der Waals surface area contributed by atoms with Gasteiger partial charge >= 0.3 is 0 Å². The number of aryl methyl sites for hydroxylation is 1. The molecule has 0 aliphatic rings. The SMILES string of the molecule is CCc1ccc(C(O)c2ccc(F)c(OC)c2)cc1. The van der Waals surface area contributed by atoms with Gasteiger partial charge in [0.2, 0.25) is 0 Å². The van der Waals surface area contributed by atoms with Crippen LogP contribution in [-0.2, 0) is 6.42 Å². The topological polar surface area (TPSA) is 29.5 Å². The number of hydrogen-bond donors (Lipinski definition) is 1. The monoisotopic (exact) mass is 260 g/mol. The average Bonchev–Trinajstić information content (AvgIpc) is 2.47. The molecule has 0 bridgehead atoms. The molecule has 0 aliphatic heterocycles. The molecule has 0 saturated carbocycles. The maximum Gasteiger partial charge on any atom is 0.165 e. The first-order valence-electron chi connectivity index (χ1n) is 6.26. The molecule has 0 aromatic heterocycles. The molecule has 0 heterocycles. The van der Waals surface area contributed by atoms with Crippen LogP contribution in [0.15, 0.2) is 42.5 Å². The number of benzene rings is 2. The fourth-order valence-corrected chi connectivity index (χ4v) is 1.97. The molecule has 0 aliphatic carbocycles. The Labute approximate surface area is 112 Å². The average molecular weight is 260 g/mol. The van der Waals surface area contributed by atoms with E-state index >= 15 is 0 Å². The first-order valence-corrected chi connectivity index (χ1v) is 6.26. The molecule has 1 N–H and O–H groups in total. The minimum absolute atomic E-state index is 0.140. The van der Waals surface area contributed by atoms with Gasteiger partial charge in [-0.1, -0.05) is 37.3 Å². The normalized spacial score (nSPS) is 12.2. The highest BCUT2D eigenvalue weighted by atomic mass is 19.1. The Balaban J connectivity index is 2.29. The molecule has 0 saturated heterocycles. The highest BCUT2D eigenvalue weighted by Gasteiger charge is 2.13. The Morgan fingerprint density at radius 3 is 2.32 bits per heavy atom. The van der Waals surface area contributed by atoms with Crippen LogP contribution >= 0.6 is 0 Å². The summed E-state index contributed by atoms with van der Waals surface area (Å²) in [5.74, 6) is -0.290. The lowest BCUT2D eigenvalue weighted by atomic mass is 9.99. The molecule has 1 unspecified atom stereocenters. The summed E-state index contributed by atoms with van der Waals surface area (Å²) < 4.78 is 18.2. The van der Waals surface area contributed by atoms with Crippen LogP contribution in [0, 0.1) is 5.82 Å². The van der Waals surface area contributed by atoms with Crippen LogP contribution in [0.3, 0.4) is 0 Å². The predicted octanol–water partition coefficient (Wildman–Crippen LogP) is 3.48. The summed E-state index contributed by atoms with van der Waals surface area (Å²) in [6, 6.07) is 12.1. The zero-order valence-electron chi connectivity index (χ0n) is 11.1. The molecule has 2 rings (SSSR count). The molecule has 100 valence electrons. The maximum atomic E-state index is 13.3. The minimum Gasteiger partial charge on any atom is -0.494 e. The van der Waals surface area contributed by atoms with Crippen molar-refractivity contribution in [2.75, 3.05) is 7.11 Å². The zero-order chi connectivity index (χ0) is 13.8. The van der Waals surface area contributed by atoms with Crippen molar-refractivity contribution in [3.63, 3.8) is 0 Å². The fourth-order valence-electron chi connectivity index (χ4n) is 1.97. The van der Waals surface area contributed by atoms with Crippen molar-refractivity contribution in [1.29, 1.82) is 0 Å². The molecule has 3 heteroatoms. The van der Waals surface area contributed by atoms with Crippen LogP contribution in [0.2, 0.25) is 0 Å². The van der Waals surface area contributed by atoms with Crippen LogP contribution < -0.4 is 4.74 Å². The van der Waals surface area contributed by atoms with Crippen molar-refractivity contribution in [2.45, 2.75) is 19.4 Å². The van der Waals surface area contributed by atoms with Gasteiger partial charge in [-0.25, -0.2) is 4.39 Å². The van der Waals surface area contributed by atoms with Crippen molar-refractivity contribution in [3.05, 3.63) is 65.0 Å². The minimum atomic E-state index is -0.777.